The molecule has 0 spiro atoms. The normalized spacial score (nSPS) is 10.8. The van der Waals surface area contributed by atoms with Crippen molar-refractivity contribution in [1.82, 2.24) is 9.55 Å². The van der Waals surface area contributed by atoms with Crippen molar-refractivity contribution in [3.63, 3.8) is 0 Å². The highest BCUT2D eigenvalue weighted by Crippen LogP contribution is 2.22. The molecule has 5 heteroatoms. The zero-order valence-electron chi connectivity index (χ0n) is 12.9. The van der Waals surface area contributed by atoms with E-state index in [1.165, 1.54) is 0 Å². The molecule has 0 bridgehead atoms. The van der Waals surface area contributed by atoms with E-state index in [4.69, 9.17) is 9.84 Å². The number of benzene rings is 1. The van der Waals surface area contributed by atoms with E-state index in [9.17, 15) is 4.79 Å². The van der Waals surface area contributed by atoms with E-state index in [0.29, 0.717) is 13.0 Å². The van der Waals surface area contributed by atoms with E-state index in [-0.39, 0.29) is 6.42 Å². The van der Waals surface area contributed by atoms with Crippen LogP contribution in [0.15, 0.2) is 48.7 Å². The van der Waals surface area contributed by atoms with Gasteiger partial charge in [0.25, 0.3) is 0 Å². The van der Waals surface area contributed by atoms with Crippen LogP contribution in [-0.2, 0) is 17.8 Å². The summed E-state index contributed by atoms with van der Waals surface area (Å²) in [7, 11) is 1.64. The third-order valence-corrected chi connectivity index (χ3v) is 3.81. The van der Waals surface area contributed by atoms with Crippen LogP contribution in [0.5, 0.6) is 5.75 Å². The Labute approximate surface area is 134 Å². The number of pyridine rings is 1. The maximum absolute atomic E-state index is 10.9. The largest absolute Gasteiger partial charge is 0.497 e. The van der Waals surface area contributed by atoms with Crippen LogP contribution >= 0.6 is 0 Å². The Bertz CT molecular complexity index is 839. The molecule has 0 unspecified atom stereocenters. The summed E-state index contributed by atoms with van der Waals surface area (Å²) >= 11 is 0. The summed E-state index contributed by atoms with van der Waals surface area (Å²) in [6, 6.07) is 13.8. The Morgan fingerprint density at radius 2 is 2.13 bits per heavy atom. The molecule has 3 aromatic rings. The van der Waals surface area contributed by atoms with Gasteiger partial charge in [-0.1, -0.05) is 12.1 Å². The number of aryl methyl sites for hydroxylation is 1. The Balaban J connectivity index is 1.99. The minimum atomic E-state index is -0.795. The number of nitrogens with zero attached hydrogens (tertiary/aromatic N) is 2. The molecule has 5 nitrogen and oxygen atoms in total. The van der Waals surface area contributed by atoms with Gasteiger partial charge in [0.05, 0.1) is 13.5 Å². The molecular formula is C18H18N2O3. The maximum Gasteiger partial charge on any atom is 0.303 e. The topological polar surface area (TPSA) is 64.3 Å². The van der Waals surface area contributed by atoms with Crippen molar-refractivity contribution in [2.45, 2.75) is 19.4 Å². The van der Waals surface area contributed by atoms with E-state index < -0.39 is 5.97 Å². The second-order valence-electron chi connectivity index (χ2n) is 5.38. The number of carboxylic acids is 1. The lowest BCUT2D eigenvalue weighted by Gasteiger charge is -2.11. The van der Waals surface area contributed by atoms with Gasteiger partial charge in [-0.2, -0.15) is 0 Å². The molecule has 0 aliphatic carbocycles. The fourth-order valence-electron chi connectivity index (χ4n) is 2.71. The zero-order chi connectivity index (χ0) is 16.2. The lowest BCUT2D eigenvalue weighted by Crippen LogP contribution is -2.07. The molecule has 0 aliphatic heterocycles. The van der Waals surface area contributed by atoms with Crippen LogP contribution in [0.4, 0.5) is 0 Å². The van der Waals surface area contributed by atoms with Gasteiger partial charge in [-0.05, 0) is 42.3 Å². The Kier molecular flexibility index (Phi) is 4.28. The number of hydrogen-bond acceptors (Lipinski definition) is 3. The summed E-state index contributed by atoms with van der Waals surface area (Å²) < 4.78 is 7.34. The molecule has 1 N–H and O–H groups in total. The van der Waals surface area contributed by atoms with Gasteiger partial charge in [-0.25, -0.2) is 4.98 Å². The van der Waals surface area contributed by atoms with Crippen molar-refractivity contribution in [2.24, 2.45) is 0 Å². The summed E-state index contributed by atoms with van der Waals surface area (Å²) in [5, 5.41) is 9.98. The summed E-state index contributed by atoms with van der Waals surface area (Å²) in [6.45, 7) is 0.632. The number of carbonyl (C=O) groups is 1. The summed E-state index contributed by atoms with van der Waals surface area (Å²) in [4.78, 5) is 15.4. The van der Waals surface area contributed by atoms with Crippen LogP contribution in [0, 0.1) is 0 Å². The van der Waals surface area contributed by atoms with Crippen LogP contribution in [-0.4, -0.2) is 27.7 Å². The first-order valence-electron chi connectivity index (χ1n) is 7.45. The highest BCUT2D eigenvalue weighted by atomic mass is 16.5. The van der Waals surface area contributed by atoms with Gasteiger partial charge in [-0.3, -0.25) is 4.79 Å². The minimum absolute atomic E-state index is 0.106. The number of aromatic nitrogens is 2. The molecule has 0 saturated heterocycles. The molecule has 2 heterocycles. The lowest BCUT2D eigenvalue weighted by atomic mass is 10.2. The van der Waals surface area contributed by atoms with Crippen molar-refractivity contribution in [2.75, 3.05) is 7.11 Å². The third-order valence-electron chi connectivity index (χ3n) is 3.81. The Morgan fingerprint density at radius 1 is 1.26 bits per heavy atom. The number of rotatable bonds is 6. The molecule has 0 fully saturated rings. The van der Waals surface area contributed by atoms with Gasteiger partial charge in [0.15, 0.2) is 0 Å². The quantitative estimate of drug-likeness (QED) is 0.760. The van der Waals surface area contributed by atoms with Gasteiger partial charge in [-0.15, -0.1) is 0 Å². The van der Waals surface area contributed by atoms with Crippen molar-refractivity contribution in [1.29, 1.82) is 0 Å². The SMILES string of the molecule is COc1cccc(Cn2c(CCC(=O)O)cc3cccnc32)c1. The van der Waals surface area contributed by atoms with Crippen molar-refractivity contribution < 1.29 is 14.6 Å². The number of carboxylic acid groups (broad SMARTS) is 1. The Hall–Kier alpha value is -2.82. The van der Waals surface area contributed by atoms with Gasteiger partial charge >= 0.3 is 5.97 Å². The van der Waals surface area contributed by atoms with E-state index >= 15 is 0 Å². The predicted molar refractivity (Wildman–Crippen MR) is 87.8 cm³/mol. The van der Waals surface area contributed by atoms with Gasteiger partial charge < -0.3 is 14.4 Å². The second-order valence-corrected chi connectivity index (χ2v) is 5.38. The monoisotopic (exact) mass is 310 g/mol. The fourth-order valence-corrected chi connectivity index (χ4v) is 2.71. The summed E-state index contributed by atoms with van der Waals surface area (Å²) in [5.74, 6) is 0.00940. The molecule has 2 aromatic heterocycles. The smallest absolute Gasteiger partial charge is 0.303 e. The number of methoxy groups -OCH3 is 1. The van der Waals surface area contributed by atoms with E-state index in [0.717, 1.165) is 28.0 Å². The third kappa shape index (κ3) is 3.34. The first kappa shape index (κ1) is 15.1. The zero-order valence-corrected chi connectivity index (χ0v) is 12.9. The van der Waals surface area contributed by atoms with Gasteiger partial charge in [0, 0.05) is 23.8 Å². The van der Waals surface area contributed by atoms with Crippen molar-refractivity contribution in [3.8, 4) is 5.75 Å². The first-order chi connectivity index (χ1) is 11.2. The van der Waals surface area contributed by atoms with E-state index in [1.54, 1.807) is 13.3 Å². The van der Waals surface area contributed by atoms with Crippen LogP contribution in [0.1, 0.15) is 17.7 Å². The molecule has 23 heavy (non-hydrogen) atoms. The molecule has 0 aliphatic rings. The molecule has 0 saturated carbocycles. The average Bonchev–Trinajstić information content (AvgIpc) is 2.91. The van der Waals surface area contributed by atoms with Crippen LogP contribution in [0.3, 0.4) is 0 Å². The van der Waals surface area contributed by atoms with Crippen LogP contribution in [0.25, 0.3) is 11.0 Å². The molecule has 3 rings (SSSR count). The number of ether oxygens (including phenoxy) is 1. The van der Waals surface area contributed by atoms with Crippen LogP contribution in [0.2, 0.25) is 0 Å². The standard InChI is InChI=1S/C18H18N2O3/c1-23-16-6-2-4-13(10-16)12-20-15(7-8-17(21)22)11-14-5-3-9-19-18(14)20/h2-6,9-11H,7-8,12H2,1H3,(H,21,22). The van der Waals surface area contributed by atoms with E-state index in [1.807, 2.05) is 42.5 Å². The van der Waals surface area contributed by atoms with E-state index in [2.05, 4.69) is 9.55 Å². The first-order valence-corrected chi connectivity index (χ1v) is 7.45. The number of fused-ring (bicyclic) bond motifs is 1. The Morgan fingerprint density at radius 3 is 2.91 bits per heavy atom. The predicted octanol–water partition coefficient (Wildman–Crippen LogP) is 3.11. The van der Waals surface area contributed by atoms with Gasteiger partial charge in [0.1, 0.15) is 11.4 Å². The highest BCUT2D eigenvalue weighted by Gasteiger charge is 2.11. The number of aliphatic carboxylic acids is 1. The second kappa shape index (κ2) is 6.52. The fraction of sp³-hybridized carbons (Fsp3) is 0.222. The van der Waals surface area contributed by atoms with Crippen molar-refractivity contribution in [3.05, 3.63) is 59.9 Å². The molecule has 0 atom stereocenters. The highest BCUT2D eigenvalue weighted by molar-refractivity contribution is 5.77. The molecule has 0 amide bonds. The van der Waals surface area contributed by atoms with Crippen molar-refractivity contribution >= 4 is 17.0 Å². The average molecular weight is 310 g/mol. The van der Waals surface area contributed by atoms with Crippen LogP contribution < -0.4 is 4.74 Å². The molecule has 1 aromatic carbocycles. The molecular weight excluding hydrogens is 292 g/mol. The van der Waals surface area contributed by atoms with Gasteiger partial charge in [0.2, 0.25) is 0 Å². The molecule has 118 valence electrons. The molecule has 0 radical (unpaired) electrons. The minimum Gasteiger partial charge on any atom is -0.497 e. The summed E-state index contributed by atoms with van der Waals surface area (Å²) in [5.41, 5.74) is 2.93. The lowest BCUT2D eigenvalue weighted by molar-refractivity contribution is -0.136. The number of hydrogen-bond donors (Lipinski definition) is 1. The maximum atomic E-state index is 10.9. The summed E-state index contributed by atoms with van der Waals surface area (Å²) in [6.07, 6.45) is 2.34.